The average molecular weight is 516 g/mol. The fourth-order valence-electron chi connectivity index (χ4n) is 4.30. The van der Waals surface area contributed by atoms with Gasteiger partial charge in [0.1, 0.15) is 0 Å². The molecule has 0 atom stereocenters. The molecule has 1 saturated heterocycles. The highest BCUT2D eigenvalue weighted by molar-refractivity contribution is 7.22. The van der Waals surface area contributed by atoms with Crippen LogP contribution in [0.25, 0.3) is 21.0 Å². The summed E-state index contributed by atoms with van der Waals surface area (Å²) >= 11 is 7.80. The van der Waals surface area contributed by atoms with Gasteiger partial charge in [0, 0.05) is 36.8 Å². The van der Waals surface area contributed by atoms with Crippen molar-refractivity contribution in [1.29, 1.82) is 0 Å². The van der Waals surface area contributed by atoms with Gasteiger partial charge in [-0.1, -0.05) is 53.3 Å². The smallest absolute Gasteiger partial charge is 0.260 e. The van der Waals surface area contributed by atoms with Crippen LogP contribution in [0.1, 0.15) is 22.3 Å². The second-order valence-corrected chi connectivity index (χ2v) is 9.84. The summed E-state index contributed by atoms with van der Waals surface area (Å²) in [5, 5.41) is 3.59. The van der Waals surface area contributed by atoms with Crippen LogP contribution in [0.4, 0.5) is 5.13 Å². The number of carbonyl (C=O) groups is 1. The van der Waals surface area contributed by atoms with E-state index in [2.05, 4.69) is 11.0 Å². The third-order valence-corrected chi connectivity index (χ3v) is 7.31. The van der Waals surface area contributed by atoms with Crippen LogP contribution in [0.15, 0.2) is 54.6 Å². The Morgan fingerprint density at radius 3 is 2.68 bits per heavy atom. The molecule has 0 aliphatic carbocycles. The molecule has 0 spiro atoms. The monoisotopic (exact) mass is 515 g/mol. The third kappa shape index (κ3) is 5.37. The van der Waals surface area contributed by atoms with Gasteiger partial charge in [0.15, 0.2) is 5.13 Å². The summed E-state index contributed by atoms with van der Waals surface area (Å²) in [7, 11) is 0. The van der Waals surface area contributed by atoms with Gasteiger partial charge in [-0.15, -0.1) is 12.4 Å². The summed E-state index contributed by atoms with van der Waals surface area (Å²) in [6.45, 7) is 6.98. The van der Waals surface area contributed by atoms with E-state index in [9.17, 15) is 4.79 Å². The zero-order valence-electron chi connectivity index (χ0n) is 19.0. The van der Waals surface area contributed by atoms with Crippen molar-refractivity contribution in [2.75, 3.05) is 44.3 Å². The number of aryl methyl sites for hydroxylation is 1. The second-order valence-electron chi connectivity index (χ2n) is 8.39. The maximum Gasteiger partial charge on any atom is 0.260 e. The Labute approximate surface area is 214 Å². The summed E-state index contributed by atoms with van der Waals surface area (Å²) in [5.74, 6) is -0.0227. The normalized spacial score (nSPS) is 14.3. The van der Waals surface area contributed by atoms with E-state index in [4.69, 9.17) is 21.3 Å². The number of anilines is 1. The fourth-order valence-corrected chi connectivity index (χ4v) is 5.74. The number of hydrogen-bond donors (Lipinski definition) is 0. The molecule has 1 aromatic heterocycles. The van der Waals surface area contributed by atoms with E-state index in [0.717, 1.165) is 71.0 Å². The number of nitrogens with zero attached hydrogens (tertiary/aromatic N) is 3. The summed E-state index contributed by atoms with van der Waals surface area (Å²) in [6.07, 6.45) is 0.870. The first-order valence-electron chi connectivity index (χ1n) is 11.3. The summed E-state index contributed by atoms with van der Waals surface area (Å²) in [4.78, 5) is 22.8. The van der Waals surface area contributed by atoms with Crippen LogP contribution < -0.4 is 4.90 Å². The lowest BCUT2D eigenvalue weighted by Crippen LogP contribution is -2.39. The van der Waals surface area contributed by atoms with E-state index >= 15 is 0 Å². The van der Waals surface area contributed by atoms with Crippen molar-refractivity contribution >= 4 is 67.4 Å². The van der Waals surface area contributed by atoms with Gasteiger partial charge in [0.2, 0.25) is 0 Å². The minimum atomic E-state index is -0.0227. The number of halogens is 2. The fraction of sp³-hybridized carbons (Fsp3) is 0.308. The molecule has 1 aliphatic rings. The highest BCUT2D eigenvalue weighted by Gasteiger charge is 2.23. The number of ether oxygens (including phenoxy) is 1. The van der Waals surface area contributed by atoms with Gasteiger partial charge in [0.05, 0.1) is 23.4 Å². The summed E-state index contributed by atoms with van der Waals surface area (Å²) in [6, 6.07) is 17.8. The van der Waals surface area contributed by atoms with Crippen molar-refractivity contribution in [2.24, 2.45) is 0 Å². The van der Waals surface area contributed by atoms with Gasteiger partial charge >= 0.3 is 0 Å². The first kappa shape index (κ1) is 24.9. The Morgan fingerprint density at radius 2 is 1.88 bits per heavy atom. The molecular formula is C26H27Cl2N3O2S. The first-order valence-corrected chi connectivity index (χ1v) is 12.5. The predicted octanol–water partition coefficient (Wildman–Crippen LogP) is 6.20. The maximum atomic E-state index is 13.7. The van der Waals surface area contributed by atoms with Crippen LogP contribution in [0, 0.1) is 6.92 Å². The molecule has 34 heavy (non-hydrogen) atoms. The number of hydrogen-bond acceptors (Lipinski definition) is 5. The minimum Gasteiger partial charge on any atom is -0.379 e. The molecule has 0 radical (unpaired) electrons. The Balaban J connectivity index is 0.00000274. The number of amides is 1. The van der Waals surface area contributed by atoms with Crippen LogP contribution >= 0.6 is 35.3 Å². The lowest BCUT2D eigenvalue weighted by atomic mass is 10.1. The molecule has 1 aliphatic heterocycles. The predicted molar refractivity (Wildman–Crippen MR) is 144 cm³/mol. The SMILES string of the molecule is Cc1cc(Cl)cc2sc(N(CCCN3CCOCC3)C(=O)c3ccc4ccccc4c3)nc12.Cl. The van der Waals surface area contributed by atoms with Crippen LogP contribution in [-0.4, -0.2) is 55.2 Å². The van der Waals surface area contributed by atoms with E-state index in [1.807, 2.05) is 60.4 Å². The highest BCUT2D eigenvalue weighted by atomic mass is 35.5. The van der Waals surface area contributed by atoms with Gasteiger partial charge in [-0.25, -0.2) is 4.98 Å². The van der Waals surface area contributed by atoms with Gasteiger partial charge < -0.3 is 4.74 Å². The van der Waals surface area contributed by atoms with Crippen LogP contribution in [0.3, 0.4) is 0 Å². The molecule has 178 valence electrons. The molecule has 1 fully saturated rings. The van der Waals surface area contributed by atoms with Crippen molar-refractivity contribution in [3.63, 3.8) is 0 Å². The van der Waals surface area contributed by atoms with Gasteiger partial charge in [-0.3, -0.25) is 14.6 Å². The first-order chi connectivity index (χ1) is 16.1. The van der Waals surface area contributed by atoms with Gasteiger partial charge in [0.25, 0.3) is 5.91 Å². The molecule has 4 aromatic rings. The Hall–Kier alpha value is -2.22. The van der Waals surface area contributed by atoms with Crippen LogP contribution in [0.5, 0.6) is 0 Å². The Bertz CT molecular complexity index is 1300. The van der Waals surface area contributed by atoms with Gasteiger partial charge in [-0.05, 0) is 53.9 Å². The van der Waals surface area contributed by atoms with E-state index in [1.54, 1.807) is 0 Å². The Kier molecular flexibility index (Phi) is 8.06. The number of thiazole rings is 1. The topological polar surface area (TPSA) is 45.7 Å². The van der Waals surface area contributed by atoms with Crippen LogP contribution in [-0.2, 0) is 4.74 Å². The molecule has 5 nitrogen and oxygen atoms in total. The summed E-state index contributed by atoms with van der Waals surface area (Å²) in [5.41, 5.74) is 2.60. The molecule has 0 saturated carbocycles. The third-order valence-electron chi connectivity index (χ3n) is 6.07. The van der Waals surface area contributed by atoms with Crippen molar-refractivity contribution in [1.82, 2.24) is 9.88 Å². The number of fused-ring (bicyclic) bond motifs is 2. The molecule has 2 heterocycles. The zero-order valence-corrected chi connectivity index (χ0v) is 21.4. The van der Waals surface area contributed by atoms with Gasteiger partial charge in [-0.2, -0.15) is 0 Å². The zero-order chi connectivity index (χ0) is 22.8. The molecule has 5 rings (SSSR count). The lowest BCUT2D eigenvalue weighted by Gasteiger charge is -2.27. The van der Waals surface area contributed by atoms with Crippen molar-refractivity contribution < 1.29 is 9.53 Å². The number of rotatable bonds is 6. The number of carbonyl (C=O) groups excluding carboxylic acids is 1. The maximum absolute atomic E-state index is 13.7. The van der Waals surface area contributed by atoms with Crippen molar-refractivity contribution in [3.05, 3.63) is 70.7 Å². The van der Waals surface area contributed by atoms with Crippen LogP contribution in [0.2, 0.25) is 5.02 Å². The molecule has 8 heteroatoms. The second kappa shape index (κ2) is 11.0. The standard InChI is InChI=1S/C26H26ClN3O2S.ClH/c1-18-15-22(27)17-23-24(18)28-26(33-23)30(10-4-9-29-11-13-32-14-12-29)25(31)21-8-7-19-5-2-3-6-20(19)16-21;/h2-3,5-8,15-17H,4,9-14H2,1H3;1H. The van der Waals surface area contributed by atoms with Crippen molar-refractivity contribution in [2.45, 2.75) is 13.3 Å². The molecule has 0 unspecified atom stereocenters. The molecule has 1 amide bonds. The Morgan fingerprint density at radius 1 is 1.12 bits per heavy atom. The average Bonchev–Trinajstić information content (AvgIpc) is 3.26. The quantitative estimate of drug-likeness (QED) is 0.306. The number of benzene rings is 3. The minimum absolute atomic E-state index is 0. The molecule has 0 N–H and O–H groups in total. The van der Waals surface area contributed by atoms with E-state index in [-0.39, 0.29) is 18.3 Å². The molecular weight excluding hydrogens is 489 g/mol. The van der Waals surface area contributed by atoms with E-state index in [0.29, 0.717) is 17.1 Å². The largest absolute Gasteiger partial charge is 0.379 e. The number of morpholine rings is 1. The highest BCUT2D eigenvalue weighted by Crippen LogP contribution is 2.34. The molecule has 3 aromatic carbocycles. The van der Waals surface area contributed by atoms with E-state index < -0.39 is 0 Å². The molecule has 0 bridgehead atoms. The van der Waals surface area contributed by atoms with Crippen molar-refractivity contribution in [3.8, 4) is 0 Å². The summed E-state index contributed by atoms with van der Waals surface area (Å²) < 4.78 is 6.46. The van der Waals surface area contributed by atoms with E-state index in [1.165, 1.54) is 11.3 Å². The number of aromatic nitrogens is 1. The lowest BCUT2D eigenvalue weighted by molar-refractivity contribution is 0.0376.